The number of carbonyl (C=O) groups excluding carboxylic acids is 2. The van der Waals surface area contributed by atoms with Gasteiger partial charge in [0.05, 0.1) is 33.8 Å². The summed E-state index contributed by atoms with van der Waals surface area (Å²) in [7, 11) is 1.21. The Kier molecular flexibility index (Phi) is 53.2. The zero-order valence-corrected chi connectivity index (χ0v) is 50.5. The molecule has 3 atom stereocenters. The van der Waals surface area contributed by atoms with Gasteiger partial charge in [0.25, 0.3) is 7.82 Å². The van der Waals surface area contributed by atoms with Crippen LogP contribution in [0.25, 0.3) is 0 Å². The van der Waals surface area contributed by atoms with Gasteiger partial charge in [-0.1, -0.05) is 297 Å². The maximum absolute atomic E-state index is 13.5. The molecule has 73 heavy (non-hydrogen) atoms. The Labute approximate surface area is 454 Å². The zero-order chi connectivity index (χ0) is 53.6. The second-order valence-electron chi connectivity index (χ2n) is 23.3. The van der Waals surface area contributed by atoms with Crippen molar-refractivity contribution in [1.82, 2.24) is 5.32 Å². The van der Waals surface area contributed by atoms with Gasteiger partial charge in [-0.2, -0.15) is 0 Å². The lowest BCUT2D eigenvalue weighted by atomic mass is 10.0. The number of unbranched alkanes of at least 4 members (excludes halogenated alkanes) is 43. The van der Waals surface area contributed by atoms with Crippen LogP contribution in [0, 0.1) is 0 Å². The third-order valence-electron chi connectivity index (χ3n) is 14.7. The molecule has 434 valence electrons. The van der Waals surface area contributed by atoms with Crippen LogP contribution >= 0.6 is 7.82 Å². The molecule has 0 spiro atoms. The van der Waals surface area contributed by atoms with Crippen molar-refractivity contribution < 1.29 is 37.3 Å². The summed E-state index contributed by atoms with van der Waals surface area (Å²) in [4.78, 5) is 40.0. The minimum atomic E-state index is -4.69. The van der Waals surface area contributed by atoms with E-state index in [1.807, 2.05) is 33.3 Å². The number of phosphoric acid groups is 1. The van der Waals surface area contributed by atoms with Crippen molar-refractivity contribution in [3.8, 4) is 0 Å². The van der Waals surface area contributed by atoms with Crippen molar-refractivity contribution >= 4 is 19.7 Å². The number of nitrogens with zero attached hydrogens (tertiary/aromatic N) is 1. The van der Waals surface area contributed by atoms with Gasteiger partial charge in [0.1, 0.15) is 19.3 Å². The quantitative estimate of drug-likeness (QED) is 0.0212. The standard InChI is InChI=1S/C63H125N2O7P/c1-7-10-13-16-19-22-25-28-30-32-34-37-40-43-46-49-52-55-62(66)64-60(59-71-73(68,69)70-58-57-65(4,5)6)61(54-51-48-45-42-39-36-27-24-21-18-15-12-9-3)72-63(67)56-53-50-47-44-41-38-35-33-31-29-26-23-20-17-14-11-8-2/h51,54,60-61H,7-50,52-53,55-59H2,1-6H3,(H-,64,66,68,69)/b54-51+. The van der Waals surface area contributed by atoms with Gasteiger partial charge in [-0.15, -0.1) is 0 Å². The van der Waals surface area contributed by atoms with Crippen LogP contribution < -0.4 is 10.2 Å². The lowest BCUT2D eigenvalue weighted by Crippen LogP contribution is -2.47. The third kappa shape index (κ3) is 55.3. The van der Waals surface area contributed by atoms with E-state index in [0.717, 1.165) is 57.8 Å². The maximum atomic E-state index is 13.5. The van der Waals surface area contributed by atoms with Gasteiger partial charge >= 0.3 is 5.97 Å². The summed E-state index contributed by atoms with van der Waals surface area (Å²) in [5, 5.41) is 3.04. The lowest BCUT2D eigenvalue weighted by molar-refractivity contribution is -0.870. The van der Waals surface area contributed by atoms with Gasteiger partial charge in [-0.3, -0.25) is 14.2 Å². The molecule has 1 N–H and O–H groups in total. The van der Waals surface area contributed by atoms with Gasteiger partial charge in [-0.25, -0.2) is 0 Å². The number of likely N-dealkylation sites (N-methyl/N-ethyl adjacent to an activating group) is 1. The number of ether oxygens (including phenoxy) is 1. The number of hydrogen-bond acceptors (Lipinski definition) is 7. The highest BCUT2D eigenvalue weighted by molar-refractivity contribution is 7.45. The first kappa shape index (κ1) is 71.8. The first-order chi connectivity index (χ1) is 35.4. The van der Waals surface area contributed by atoms with Gasteiger partial charge in [0.15, 0.2) is 0 Å². The highest BCUT2D eigenvalue weighted by Gasteiger charge is 2.27. The van der Waals surface area contributed by atoms with Crippen molar-refractivity contribution in [2.24, 2.45) is 0 Å². The number of amides is 1. The normalized spacial score (nSPS) is 13.7. The van der Waals surface area contributed by atoms with Gasteiger partial charge in [0, 0.05) is 12.8 Å². The molecule has 0 aliphatic rings. The summed E-state index contributed by atoms with van der Waals surface area (Å²) >= 11 is 0. The topological polar surface area (TPSA) is 114 Å². The number of allylic oxidation sites excluding steroid dienone is 1. The van der Waals surface area contributed by atoms with E-state index in [4.69, 9.17) is 13.8 Å². The molecule has 0 saturated heterocycles. The smallest absolute Gasteiger partial charge is 0.306 e. The molecule has 3 unspecified atom stereocenters. The molecule has 0 fully saturated rings. The second-order valence-corrected chi connectivity index (χ2v) is 24.7. The molecule has 10 heteroatoms. The average molecular weight is 1050 g/mol. The summed E-state index contributed by atoms with van der Waals surface area (Å²) in [5.74, 6) is -0.517. The third-order valence-corrected chi connectivity index (χ3v) is 15.7. The minimum absolute atomic E-state index is 0.0166. The monoisotopic (exact) mass is 1050 g/mol. The summed E-state index contributed by atoms with van der Waals surface area (Å²) in [6.45, 7) is 6.91. The summed E-state index contributed by atoms with van der Waals surface area (Å²) in [6, 6.07) is -0.879. The highest BCUT2D eigenvalue weighted by atomic mass is 31.2. The number of phosphoric ester groups is 1. The van der Waals surface area contributed by atoms with Gasteiger partial charge < -0.3 is 28.5 Å². The number of esters is 1. The summed E-state index contributed by atoms with van der Waals surface area (Å²) in [5.41, 5.74) is 0. The Morgan fingerprint density at radius 3 is 1.12 bits per heavy atom. The van der Waals surface area contributed by atoms with E-state index in [-0.39, 0.29) is 31.5 Å². The molecule has 0 aliphatic carbocycles. The molecule has 0 aliphatic heterocycles. The molecule has 9 nitrogen and oxygen atoms in total. The van der Waals surface area contributed by atoms with Crippen LogP contribution in [0.4, 0.5) is 0 Å². The molecule has 0 aromatic heterocycles. The molecule has 0 heterocycles. The van der Waals surface area contributed by atoms with E-state index in [2.05, 4.69) is 26.1 Å². The fraction of sp³-hybridized carbons (Fsp3) is 0.937. The van der Waals surface area contributed by atoms with Crippen molar-refractivity contribution in [1.29, 1.82) is 0 Å². The van der Waals surface area contributed by atoms with Crippen LogP contribution in [0.2, 0.25) is 0 Å². The Hall–Kier alpha value is -1.25. The molecule has 1 amide bonds. The second kappa shape index (κ2) is 54.1. The zero-order valence-electron chi connectivity index (χ0n) is 49.6. The Morgan fingerprint density at radius 1 is 0.466 bits per heavy atom. The van der Waals surface area contributed by atoms with Crippen molar-refractivity contribution in [3.05, 3.63) is 12.2 Å². The maximum Gasteiger partial charge on any atom is 0.306 e. The van der Waals surface area contributed by atoms with Crippen LogP contribution in [0.1, 0.15) is 329 Å². The molecule has 0 saturated carbocycles. The molecular formula is C63H125N2O7P. The Bertz CT molecular complexity index is 1260. The fourth-order valence-electron chi connectivity index (χ4n) is 9.76. The predicted octanol–water partition coefficient (Wildman–Crippen LogP) is 18.9. The van der Waals surface area contributed by atoms with E-state index in [9.17, 15) is 19.0 Å². The van der Waals surface area contributed by atoms with Crippen LogP contribution in [-0.2, 0) is 27.9 Å². The number of nitrogens with one attached hydrogen (secondary N) is 1. The van der Waals surface area contributed by atoms with E-state index in [1.165, 1.54) is 238 Å². The number of rotatable bonds is 59. The van der Waals surface area contributed by atoms with Crippen LogP contribution in [-0.4, -0.2) is 69.4 Å². The van der Waals surface area contributed by atoms with Crippen LogP contribution in [0.15, 0.2) is 12.2 Å². The van der Waals surface area contributed by atoms with E-state index in [0.29, 0.717) is 17.4 Å². The predicted molar refractivity (Wildman–Crippen MR) is 312 cm³/mol. The largest absolute Gasteiger partial charge is 0.756 e. The molecule has 0 aromatic rings. The Morgan fingerprint density at radius 2 is 0.781 bits per heavy atom. The summed E-state index contributed by atoms with van der Waals surface area (Å²) in [6.07, 6.45) is 61.7. The van der Waals surface area contributed by atoms with Crippen molar-refractivity contribution in [2.45, 2.75) is 341 Å². The van der Waals surface area contributed by atoms with E-state index < -0.39 is 20.0 Å². The van der Waals surface area contributed by atoms with Gasteiger partial charge in [-0.05, 0) is 31.8 Å². The minimum Gasteiger partial charge on any atom is -0.756 e. The molecule has 0 rings (SSSR count). The molecule has 0 bridgehead atoms. The number of hydrogen-bond donors (Lipinski definition) is 1. The molecule has 0 aromatic carbocycles. The van der Waals surface area contributed by atoms with Crippen molar-refractivity contribution in [3.63, 3.8) is 0 Å². The van der Waals surface area contributed by atoms with E-state index in [1.54, 1.807) is 0 Å². The number of quaternary nitrogens is 1. The fourth-order valence-corrected chi connectivity index (χ4v) is 10.5. The average Bonchev–Trinajstić information content (AvgIpc) is 3.35. The lowest BCUT2D eigenvalue weighted by Gasteiger charge is -2.30. The van der Waals surface area contributed by atoms with Crippen LogP contribution in [0.5, 0.6) is 0 Å². The first-order valence-electron chi connectivity index (χ1n) is 32.0. The Balaban J connectivity index is 5.22. The molecular weight excluding hydrogens is 928 g/mol. The highest BCUT2D eigenvalue weighted by Crippen LogP contribution is 2.38. The number of carbonyl (C=O) groups is 2. The first-order valence-corrected chi connectivity index (χ1v) is 33.5. The van der Waals surface area contributed by atoms with E-state index >= 15 is 0 Å². The SMILES string of the molecule is CCCCCCCCCCCCC/C=C/C(OC(=O)CCCCCCCCCCCCCCCCCCC)C(COP(=O)([O-])OCC[N+](C)(C)C)NC(=O)CCCCCCCCCCCCCCCCCCC. The van der Waals surface area contributed by atoms with Crippen LogP contribution in [0.3, 0.4) is 0 Å². The summed E-state index contributed by atoms with van der Waals surface area (Å²) < 4.78 is 30.4. The molecule has 0 radical (unpaired) electrons. The van der Waals surface area contributed by atoms with Crippen molar-refractivity contribution in [2.75, 3.05) is 40.9 Å². The van der Waals surface area contributed by atoms with Gasteiger partial charge in [0.2, 0.25) is 5.91 Å².